The van der Waals surface area contributed by atoms with Crippen LogP contribution in [0, 0.1) is 0 Å². The van der Waals surface area contributed by atoms with Crippen LogP contribution in [0.1, 0.15) is 25.7 Å². The first-order valence-corrected chi connectivity index (χ1v) is 5.96. The molecule has 0 aromatic carbocycles. The van der Waals surface area contributed by atoms with E-state index in [9.17, 15) is 9.59 Å². The monoisotopic (exact) mass is 225 g/mol. The van der Waals surface area contributed by atoms with Gasteiger partial charge in [-0.25, -0.2) is 0 Å². The highest BCUT2D eigenvalue weighted by Crippen LogP contribution is 2.22. The van der Waals surface area contributed by atoms with Crippen molar-refractivity contribution < 1.29 is 9.59 Å². The Labute approximate surface area is 95.6 Å². The van der Waals surface area contributed by atoms with Gasteiger partial charge in [0.1, 0.15) is 0 Å². The number of likely N-dealkylation sites (tertiary alicyclic amines) is 1. The number of nitrogens with one attached hydrogen (secondary N) is 2. The van der Waals surface area contributed by atoms with Crippen LogP contribution in [0.2, 0.25) is 0 Å². The van der Waals surface area contributed by atoms with Crippen molar-refractivity contribution in [3.05, 3.63) is 0 Å². The van der Waals surface area contributed by atoms with E-state index in [4.69, 9.17) is 0 Å². The van der Waals surface area contributed by atoms with Crippen molar-refractivity contribution in [3.63, 3.8) is 0 Å². The molecule has 5 nitrogen and oxygen atoms in total. The summed E-state index contributed by atoms with van der Waals surface area (Å²) in [6.45, 7) is 0.896. The van der Waals surface area contributed by atoms with Crippen molar-refractivity contribution in [2.24, 2.45) is 0 Å². The zero-order valence-corrected chi connectivity index (χ0v) is 9.66. The Hall–Kier alpha value is -1.10. The molecule has 2 aliphatic rings. The quantitative estimate of drug-likeness (QED) is 0.676. The summed E-state index contributed by atoms with van der Waals surface area (Å²) in [5.41, 5.74) is 0. The molecule has 0 bridgehead atoms. The van der Waals surface area contributed by atoms with Gasteiger partial charge in [-0.15, -0.1) is 0 Å². The van der Waals surface area contributed by atoms with Crippen LogP contribution in [0.5, 0.6) is 0 Å². The predicted octanol–water partition coefficient (Wildman–Crippen LogP) is -0.525. The summed E-state index contributed by atoms with van der Waals surface area (Å²) < 4.78 is 0. The van der Waals surface area contributed by atoms with Crippen LogP contribution in [0.25, 0.3) is 0 Å². The van der Waals surface area contributed by atoms with E-state index < -0.39 is 0 Å². The maximum Gasteiger partial charge on any atom is 0.240 e. The molecule has 2 N–H and O–H groups in total. The van der Waals surface area contributed by atoms with E-state index in [1.807, 2.05) is 0 Å². The summed E-state index contributed by atoms with van der Waals surface area (Å²) in [6, 6.07) is 0.472. The van der Waals surface area contributed by atoms with E-state index in [-0.39, 0.29) is 24.4 Å². The molecule has 2 rings (SSSR count). The van der Waals surface area contributed by atoms with E-state index in [0.717, 1.165) is 12.8 Å². The maximum atomic E-state index is 12.0. The van der Waals surface area contributed by atoms with Crippen molar-refractivity contribution in [3.8, 4) is 0 Å². The third-order valence-corrected chi connectivity index (χ3v) is 3.16. The number of hydrogen-bond donors (Lipinski definition) is 2. The van der Waals surface area contributed by atoms with Crippen LogP contribution in [-0.2, 0) is 9.59 Å². The van der Waals surface area contributed by atoms with Gasteiger partial charge in [-0.05, 0) is 25.7 Å². The summed E-state index contributed by atoms with van der Waals surface area (Å²) in [4.78, 5) is 24.9. The molecule has 1 unspecified atom stereocenters. The fourth-order valence-corrected chi connectivity index (χ4v) is 2.04. The van der Waals surface area contributed by atoms with Crippen LogP contribution in [-0.4, -0.2) is 48.9 Å². The molecule has 0 spiro atoms. The molecular weight excluding hydrogens is 206 g/mol. The average molecular weight is 225 g/mol. The molecule has 1 aliphatic carbocycles. The van der Waals surface area contributed by atoms with Gasteiger partial charge in [0.05, 0.1) is 12.6 Å². The topological polar surface area (TPSA) is 61.4 Å². The third kappa shape index (κ3) is 2.72. The second kappa shape index (κ2) is 4.82. The minimum atomic E-state index is -0.0968. The smallest absolute Gasteiger partial charge is 0.240 e. The van der Waals surface area contributed by atoms with E-state index in [1.165, 1.54) is 12.8 Å². The van der Waals surface area contributed by atoms with Gasteiger partial charge >= 0.3 is 0 Å². The Morgan fingerprint density at radius 1 is 1.44 bits per heavy atom. The van der Waals surface area contributed by atoms with Gasteiger partial charge in [0.15, 0.2) is 0 Å². The van der Waals surface area contributed by atoms with Crippen molar-refractivity contribution in [2.75, 3.05) is 20.1 Å². The highest BCUT2D eigenvalue weighted by atomic mass is 16.2. The Bertz CT molecular complexity index is 289. The van der Waals surface area contributed by atoms with E-state index in [0.29, 0.717) is 12.6 Å². The lowest BCUT2D eigenvalue weighted by Crippen LogP contribution is -2.53. The highest BCUT2D eigenvalue weighted by molar-refractivity contribution is 5.88. The van der Waals surface area contributed by atoms with Gasteiger partial charge < -0.3 is 15.5 Å². The number of carbonyl (C=O) groups is 2. The van der Waals surface area contributed by atoms with Gasteiger partial charge in [-0.2, -0.15) is 0 Å². The normalized spacial score (nSPS) is 25.7. The van der Waals surface area contributed by atoms with Crippen LogP contribution >= 0.6 is 0 Å². The lowest BCUT2D eigenvalue weighted by molar-refractivity contribution is -0.139. The van der Waals surface area contributed by atoms with Crippen LogP contribution in [0.3, 0.4) is 0 Å². The number of piperidine rings is 1. The van der Waals surface area contributed by atoms with Gasteiger partial charge in [-0.3, -0.25) is 9.59 Å². The lowest BCUT2D eigenvalue weighted by Gasteiger charge is -2.32. The average Bonchev–Trinajstić information content (AvgIpc) is 3.07. The minimum absolute atomic E-state index is 0.0640. The first-order chi connectivity index (χ1) is 7.70. The van der Waals surface area contributed by atoms with Gasteiger partial charge in [0, 0.05) is 19.6 Å². The van der Waals surface area contributed by atoms with E-state index in [2.05, 4.69) is 10.6 Å². The first kappa shape index (κ1) is 11.4. The van der Waals surface area contributed by atoms with Crippen LogP contribution < -0.4 is 10.6 Å². The molecule has 1 saturated carbocycles. The second-order valence-corrected chi connectivity index (χ2v) is 4.57. The Morgan fingerprint density at radius 3 is 2.81 bits per heavy atom. The van der Waals surface area contributed by atoms with Crippen molar-refractivity contribution in [2.45, 2.75) is 37.8 Å². The molecule has 1 aliphatic heterocycles. The number of nitrogens with zero attached hydrogens (tertiary/aromatic N) is 1. The maximum absolute atomic E-state index is 12.0. The molecule has 1 heterocycles. The van der Waals surface area contributed by atoms with E-state index in [1.54, 1.807) is 11.9 Å². The molecule has 90 valence electrons. The molecule has 5 heteroatoms. The van der Waals surface area contributed by atoms with Crippen LogP contribution in [0.15, 0.2) is 0 Å². The first-order valence-electron chi connectivity index (χ1n) is 5.96. The van der Waals surface area contributed by atoms with E-state index >= 15 is 0 Å². The molecule has 1 saturated heterocycles. The minimum Gasteiger partial charge on any atom is -0.358 e. The Morgan fingerprint density at radius 2 is 2.19 bits per heavy atom. The van der Waals surface area contributed by atoms with Gasteiger partial charge in [0.25, 0.3) is 0 Å². The van der Waals surface area contributed by atoms with Crippen molar-refractivity contribution >= 4 is 11.8 Å². The second-order valence-electron chi connectivity index (χ2n) is 4.57. The number of hydrogen-bond acceptors (Lipinski definition) is 3. The predicted molar refractivity (Wildman–Crippen MR) is 59.8 cm³/mol. The fourth-order valence-electron chi connectivity index (χ4n) is 2.04. The van der Waals surface area contributed by atoms with Crippen molar-refractivity contribution in [1.29, 1.82) is 0 Å². The molecular formula is C11H19N3O2. The zero-order valence-electron chi connectivity index (χ0n) is 9.66. The SMILES string of the molecule is CNC(=O)CN1CCCC(NC2CC2)C1=O. The number of likely N-dealkylation sites (N-methyl/N-ethyl adjacent to an activating group) is 1. The van der Waals surface area contributed by atoms with Crippen molar-refractivity contribution in [1.82, 2.24) is 15.5 Å². The third-order valence-electron chi connectivity index (χ3n) is 3.16. The summed E-state index contributed by atoms with van der Waals surface area (Å²) in [5.74, 6) is -0.0119. The largest absolute Gasteiger partial charge is 0.358 e. The molecule has 16 heavy (non-hydrogen) atoms. The number of amides is 2. The van der Waals surface area contributed by atoms with Crippen LogP contribution in [0.4, 0.5) is 0 Å². The summed E-state index contributed by atoms with van der Waals surface area (Å²) in [6.07, 6.45) is 4.24. The summed E-state index contributed by atoms with van der Waals surface area (Å²) in [5, 5.41) is 5.89. The Kier molecular flexibility index (Phi) is 3.43. The highest BCUT2D eigenvalue weighted by Gasteiger charge is 2.33. The summed E-state index contributed by atoms with van der Waals surface area (Å²) in [7, 11) is 1.59. The molecule has 0 aromatic heterocycles. The molecule has 0 aromatic rings. The fraction of sp³-hybridized carbons (Fsp3) is 0.818. The molecule has 0 radical (unpaired) electrons. The molecule has 1 atom stereocenters. The zero-order chi connectivity index (χ0) is 11.5. The Balaban J connectivity index is 1.87. The molecule has 2 fully saturated rings. The molecule has 2 amide bonds. The van der Waals surface area contributed by atoms with Gasteiger partial charge in [0.2, 0.25) is 11.8 Å². The number of carbonyl (C=O) groups excluding carboxylic acids is 2. The number of rotatable bonds is 4. The summed E-state index contributed by atoms with van der Waals surface area (Å²) >= 11 is 0. The van der Waals surface area contributed by atoms with Gasteiger partial charge in [-0.1, -0.05) is 0 Å². The standard InChI is InChI=1S/C11H19N3O2/c1-12-10(15)7-14-6-2-3-9(11(14)16)13-8-4-5-8/h8-9,13H,2-7H2,1H3,(H,12,15). The lowest BCUT2D eigenvalue weighted by atomic mass is 10.0.